The van der Waals surface area contributed by atoms with Crippen LogP contribution in [0.5, 0.6) is 0 Å². The molecule has 1 atom stereocenters. The normalized spacial score (nSPS) is 26.7. The van der Waals surface area contributed by atoms with Crippen molar-refractivity contribution in [2.75, 3.05) is 19.6 Å². The van der Waals surface area contributed by atoms with Crippen molar-refractivity contribution in [1.29, 1.82) is 0 Å². The highest BCUT2D eigenvalue weighted by Gasteiger charge is 2.20. The second kappa shape index (κ2) is 7.00. The van der Waals surface area contributed by atoms with E-state index in [1.165, 1.54) is 38.5 Å². The lowest BCUT2D eigenvalue weighted by molar-refractivity contribution is -0.125. The van der Waals surface area contributed by atoms with Gasteiger partial charge in [-0.05, 0) is 31.7 Å². The van der Waals surface area contributed by atoms with Gasteiger partial charge in [-0.2, -0.15) is 0 Å². The fraction of sp³-hybridized carbons (Fsp3) is 0.929. The van der Waals surface area contributed by atoms with Gasteiger partial charge in [-0.15, -0.1) is 0 Å². The second-order valence-electron chi connectivity index (χ2n) is 5.63. The van der Waals surface area contributed by atoms with Gasteiger partial charge in [0.1, 0.15) is 0 Å². The van der Waals surface area contributed by atoms with Crippen LogP contribution in [-0.4, -0.2) is 25.5 Å². The minimum atomic E-state index is 0.218. The van der Waals surface area contributed by atoms with Crippen LogP contribution < -0.4 is 10.6 Å². The summed E-state index contributed by atoms with van der Waals surface area (Å²) in [4.78, 5) is 11.9. The van der Waals surface area contributed by atoms with E-state index in [0.717, 1.165) is 38.4 Å². The first-order chi connectivity index (χ1) is 8.36. The van der Waals surface area contributed by atoms with Gasteiger partial charge in [0.2, 0.25) is 5.91 Å². The van der Waals surface area contributed by atoms with E-state index in [2.05, 4.69) is 10.6 Å². The van der Waals surface area contributed by atoms with Crippen LogP contribution in [-0.2, 0) is 4.79 Å². The van der Waals surface area contributed by atoms with E-state index in [1.54, 1.807) is 0 Å². The fourth-order valence-electron chi connectivity index (χ4n) is 3.10. The molecular weight excluding hydrogens is 212 g/mol. The summed E-state index contributed by atoms with van der Waals surface area (Å²) in [5, 5.41) is 6.42. The van der Waals surface area contributed by atoms with E-state index in [-0.39, 0.29) is 11.8 Å². The molecule has 2 aliphatic rings. The Hall–Kier alpha value is -0.570. The van der Waals surface area contributed by atoms with E-state index in [4.69, 9.17) is 0 Å². The van der Waals surface area contributed by atoms with Crippen LogP contribution in [0.3, 0.4) is 0 Å². The smallest absolute Gasteiger partial charge is 0.224 e. The quantitative estimate of drug-likeness (QED) is 0.787. The summed E-state index contributed by atoms with van der Waals surface area (Å²) < 4.78 is 0. The van der Waals surface area contributed by atoms with Crippen LogP contribution in [0.25, 0.3) is 0 Å². The molecule has 98 valence electrons. The fourth-order valence-corrected chi connectivity index (χ4v) is 3.10. The summed E-state index contributed by atoms with van der Waals surface area (Å²) in [5.74, 6) is 1.36. The summed E-state index contributed by atoms with van der Waals surface area (Å²) in [5.41, 5.74) is 0. The molecule has 1 heterocycles. The maximum Gasteiger partial charge on any atom is 0.224 e. The molecule has 0 unspecified atom stereocenters. The van der Waals surface area contributed by atoms with Gasteiger partial charge in [0.05, 0.1) is 5.92 Å². The highest BCUT2D eigenvalue weighted by Crippen LogP contribution is 2.25. The predicted octanol–water partition coefficient (Wildman–Crippen LogP) is 2.07. The molecular formula is C14H26N2O. The van der Waals surface area contributed by atoms with Crippen molar-refractivity contribution >= 4 is 5.91 Å². The summed E-state index contributed by atoms with van der Waals surface area (Å²) >= 11 is 0. The summed E-state index contributed by atoms with van der Waals surface area (Å²) in [6.07, 6.45) is 10.3. The number of hydrogen-bond donors (Lipinski definition) is 2. The van der Waals surface area contributed by atoms with Gasteiger partial charge in [-0.25, -0.2) is 0 Å². The van der Waals surface area contributed by atoms with Gasteiger partial charge in [-0.3, -0.25) is 4.79 Å². The third kappa shape index (κ3) is 4.30. The van der Waals surface area contributed by atoms with E-state index < -0.39 is 0 Å². The third-order valence-corrected chi connectivity index (χ3v) is 4.24. The Labute approximate surface area is 105 Å². The lowest BCUT2D eigenvalue weighted by Crippen LogP contribution is -2.41. The first-order valence-electron chi connectivity index (χ1n) is 7.34. The third-order valence-electron chi connectivity index (χ3n) is 4.24. The molecule has 2 rings (SSSR count). The van der Waals surface area contributed by atoms with Crippen LogP contribution in [0.2, 0.25) is 0 Å². The molecule has 1 aliphatic heterocycles. The zero-order chi connectivity index (χ0) is 11.9. The second-order valence-corrected chi connectivity index (χ2v) is 5.63. The summed E-state index contributed by atoms with van der Waals surface area (Å²) in [6.45, 7) is 2.83. The molecule has 0 radical (unpaired) electrons. The van der Waals surface area contributed by atoms with Gasteiger partial charge in [0.15, 0.2) is 0 Å². The van der Waals surface area contributed by atoms with Crippen LogP contribution in [0, 0.1) is 11.8 Å². The number of hydrogen-bond acceptors (Lipinski definition) is 2. The average Bonchev–Trinajstić information content (AvgIpc) is 2.41. The van der Waals surface area contributed by atoms with Gasteiger partial charge in [0, 0.05) is 13.1 Å². The first kappa shape index (κ1) is 12.9. The maximum atomic E-state index is 11.9. The minimum Gasteiger partial charge on any atom is -0.356 e. The Morgan fingerprint density at radius 2 is 1.94 bits per heavy atom. The van der Waals surface area contributed by atoms with Crippen molar-refractivity contribution in [2.24, 2.45) is 11.8 Å². The van der Waals surface area contributed by atoms with Crippen LogP contribution >= 0.6 is 0 Å². The molecule has 0 spiro atoms. The Morgan fingerprint density at radius 3 is 2.65 bits per heavy atom. The monoisotopic (exact) mass is 238 g/mol. The Balaban J connectivity index is 1.58. The SMILES string of the molecule is O=C(NCCC1CCCCC1)[C@@H]1CCCNC1. The highest BCUT2D eigenvalue weighted by atomic mass is 16.1. The van der Waals surface area contributed by atoms with E-state index in [1.807, 2.05) is 0 Å². The minimum absolute atomic E-state index is 0.218. The summed E-state index contributed by atoms with van der Waals surface area (Å²) in [7, 11) is 0. The van der Waals surface area contributed by atoms with Crippen LogP contribution in [0.15, 0.2) is 0 Å². The number of amides is 1. The van der Waals surface area contributed by atoms with Gasteiger partial charge >= 0.3 is 0 Å². The molecule has 0 aromatic rings. The number of carbonyl (C=O) groups is 1. The standard InChI is InChI=1S/C14H26N2O/c17-14(13-7-4-9-15-11-13)16-10-8-12-5-2-1-3-6-12/h12-13,15H,1-11H2,(H,16,17)/t13-/m1/s1. The largest absolute Gasteiger partial charge is 0.356 e. The van der Waals surface area contributed by atoms with Gasteiger partial charge < -0.3 is 10.6 Å². The molecule has 0 aromatic heterocycles. The Kier molecular flexibility index (Phi) is 5.30. The predicted molar refractivity (Wildman–Crippen MR) is 69.8 cm³/mol. The van der Waals surface area contributed by atoms with Crippen molar-refractivity contribution in [1.82, 2.24) is 10.6 Å². The van der Waals surface area contributed by atoms with Gasteiger partial charge in [0.25, 0.3) is 0 Å². The highest BCUT2D eigenvalue weighted by molar-refractivity contribution is 5.78. The Morgan fingerprint density at radius 1 is 1.12 bits per heavy atom. The average molecular weight is 238 g/mol. The molecule has 0 bridgehead atoms. The molecule has 2 N–H and O–H groups in total. The van der Waals surface area contributed by atoms with Crippen LogP contribution in [0.4, 0.5) is 0 Å². The van der Waals surface area contributed by atoms with Crippen LogP contribution in [0.1, 0.15) is 51.4 Å². The topological polar surface area (TPSA) is 41.1 Å². The molecule has 2 fully saturated rings. The zero-order valence-corrected chi connectivity index (χ0v) is 10.8. The van der Waals surface area contributed by atoms with Gasteiger partial charge in [-0.1, -0.05) is 32.1 Å². The number of nitrogens with one attached hydrogen (secondary N) is 2. The molecule has 1 saturated carbocycles. The maximum absolute atomic E-state index is 11.9. The van der Waals surface area contributed by atoms with Crippen molar-refractivity contribution in [2.45, 2.75) is 51.4 Å². The number of piperidine rings is 1. The zero-order valence-electron chi connectivity index (χ0n) is 10.8. The van der Waals surface area contributed by atoms with E-state index in [0.29, 0.717) is 0 Å². The van der Waals surface area contributed by atoms with E-state index in [9.17, 15) is 4.79 Å². The molecule has 17 heavy (non-hydrogen) atoms. The molecule has 1 aliphatic carbocycles. The Bertz CT molecular complexity index is 230. The lowest BCUT2D eigenvalue weighted by Gasteiger charge is -2.24. The number of rotatable bonds is 4. The first-order valence-corrected chi connectivity index (χ1v) is 7.34. The van der Waals surface area contributed by atoms with Crippen molar-refractivity contribution in [3.05, 3.63) is 0 Å². The molecule has 1 amide bonds. The van der Waals surface area contributed by atoms with Crippen molar-refractivity contribution in [3.8, 4) is 0 Å². The van der Waals surface area contributed by atoms with Crippen molar-refractivity contribution < 1.29 is 4.79 Å². The molecule has 3 heteroatoms. The molecule has 0 aromatic carbocycles. The number of carbonyl (C=O) groups excluding carboxylic acids is 1. The molecule has 3 nitrogen and oxygen atoms in total. The lowest BCUT2D eigenvalue weighted by atomic mass is 9.87. The summed E-state index contributed by atoms with van der Waals surface area (Å²) in [6, 6.07) is 0. The van der Waals surface area contributed by atoms with E-state index >= 15 is 0 Å². The molecule has 1 saturated heterocycles. The van der Waals surface area contributed by atoms with Crippen molar-refractivity contribution in [3.63, 3.8) is 0 Å².